The molecule has 176 valence electrons. The first-order chi connectivity index (χ1) is 16.1. The number of hydrogen-bond donors (Lipinski definition) is 3. The van der Waals surface area contributed by atoms with Gasteiger partial charge in [0.25, 0.3) is 5.91 Å². The monoisotopic (exact) mass is 463 g/mol. The predicted molar refractivity (Wildman–Crippen MR) is 123 cm³/mol. The second-order valence-corrected chi connectivity index (χ2v) is 8.27. The number of carboxylic acids is 1. The lowest BCUT2D eigenvalue weighted by atomic mass is 10.0. The number of amides is 1. The number of rotatable bonds is 7. The van der Waals surface area contributed by atoms with Crippen molar-refractivity contribution in [3.63, 3.8) is 0 Å². The number of H-pyrrole nitrogens is 1. The molecule has 0 radical (unpaired) electrons. The minimum Gasteiger partial charge on any atom is -0.548 e. The maximum absolute atomic E-state index is 12.8. The van der Waals surface area contributed by atoms with E-state index in [0.29, 0.717) is 33.2 Å². The number of aromatic nitrogens is 1. The van der Waals surface area contributed by atoms with Gasteiger partial charge in [-0.3, -0.25) is 4.79 Å². The molecule has 0 unspecified atom stereocenters. The number of hydrogen-bond acceptors (Lipinski definition) is 7. The van der Waals surface area contributed by atoms with E-state index < -0.39 is 29.6 Å². The second-order valence-electron chi connectivity index (χ2n) is 8.27. The molecular weight excluding hydrogens is 440 g/mol. The fourth-order valence-corrected chi connectivity index (χ4v) is 3.95. The van der Waals surface area contributed by atoms with E-state index in [2.05, 4.69) is 10.3 Å². The summed E-state index contributed by atoms with van der Waals surface area (Å²) in [5.41, 5.74) is 2.56. The zero-order valence-corrected chi connectivity index (χ0v) is 18.8. The van der Waals surface area contributed by atoms with Crippen LogP contribution in [0.15, 0.2) is 51.8 Å². The number of aromatic hydroxyl groups is 1. The Kier molecular flexibility index (Phi) is 6.02. The van der Waals surface area contributed by atoms with Gasteiger partial charge in [-0.2, -0.15) is 0 Å². The summed E-state index contributed by atoms with van der Waals surface area (Å²) in [5, 5.41) is 25.2. The van der Waals surface area contributed by atoms with Crippen LogP contribution in [0.4, 0.5) is 0 Å². The average molecular weight is 463 g/mol. The highest BCUT2D eigenvalue weighted by molar-refractivity contribution is 5.90. The normalized spacial score (nSPS) is 13.0. The number of carbonyl (C=O) groups excluding carboxylic acids is 2. The molecule has 2 aromatic heterocycles. The van der Waals surface area contributed by atoms with E-state index in [0.717, 1.165) is 11.1 Å². The summed E-state index contributed by atoms with van der Waals surface area (Å²) in [4.78, 5) is 39.3. The van der Waals surface area contributed by atoms with Crippen molar-refractivity contribution in [3.05, 3.63) is 69.7 Å². The fraction of sp³-hybridized carbons (Fsp3) is 0.240. The van der Waals surface area contributed by atoms with Crippen LogP contribution in [-0.2, 0) is 16.0 Å². The number of carbonyl (C=O) groups is 2. The van der Waals surface area contributed by atoms with E-state index in [1.54, 1.807) is 38.2 Å². The van der Waals surface area contributed by atoms with Gasteiger partial charge in [-0.1, -0.05) is 0 Å². The molecule has 2 atom stereocenters. The zero-order valence-electron chi connectivity index (χ0n) is 18.8. The first kappa shape index (κ1) is 22.9. The van der Waals surface area contributed by atoms with E-state index in [1.807, 2.05) is 0 Å². The lowest BCUT2D eigenvalue weighted by Gasteiger charge is -2.23. The van der Waals surface area contributed by atoms with Crippen molar-refractivity contribution in [1.82, 2.24) is 10.3 Å². The Morgan fingerprint density at radius 1 is 1.21 bits per heavy atom. The van der Waals surface area contributed by atoms with Crippen LogP contribution in [-0.4, -0.2) is 34.1 Å². The van der Waals surface area contributed by atoms with E-state index in [1.165, 1.54) is 25.1 Å². The Labute approximate surface area is 194 Å². The Morgan fingerprint density at radius 3 is 2.71 bits per heavy atom. The molecule has 1 amide bonds. The number of aliphatic carboxylic acids is 1. The first-order valence-corrected chi connectivity index (χ1v) is 10.6. The second kappa shape index (κ2) is 8.93. The standard InChI is InChI=1S/C25H24N2O7/c1-12-6-20(23-13(2)8-22(29)34-21(23)7-12)33-14(3)24(30)27-19(25(31)32)9-15-11-26-18-5-4-16(28)10-17(15)18/h4-8,10-11,14,19,26,28H,9H2,1-3H3,(H,27,30)(H,31,32)/p-1/t14-,19+/m0/s1. The number of ether oxygens (including phenoxy) is 1. The third-order valence-corrected chi connectivity index (χ3v) is 5.60. The largest absolute Gasteiger partial charge is 0.548 e. The molecule has 4 aromatic rings. The number of aryl methyl sites for hydroxylation is 2. The maximum atomic E-state index is 12.8. The predicted octanol–water partition coefficient (Wildman–Crippen LogP) is 1.84. The topological polar surface area (TPSA) is 145 Å². The summed E-state index contributed by atoms with van der Waals surface area (Å²) in [6, 6.07) is 8.13. The van der Waals surface area contributed by atoms with Gasteiger partial charge in [0.05, 0.1) is 17.4 Å². The molecule has 0 aliphatic rings. The summed E-state index contributed by atoms with van der Waals surface area (Å²) >= 11 is 0. The number of nitrogens with one attached hydrogen (secondary N) is 2. The number of fused-ring (bicyclic) bond motifs is 2. The van der Waals surface area contributed by atoms with Crippen molar-refractivity contribution in [3.8, 4) is 11.5 Å². The minimum absolute atomic E-state index is 0.0425. The molecule has 0 bridgehead atoms. The number of carboxylic acid groups (broad SMARTS) is 1. The van der Waals surface area contributed by atoms with Crippen LogP contribution in [0, 0.1) is 13.8 Å². The van der Waals surface area contributed by atoms with E-state index in [9.17, 15) is 24.6 Å². The van der Waals surface area contributed by atoms with Gasteiger partial charge in [-0.15, -0.1) is 0 Å². The average Bonchev–Trinajstić information content (AvgIpc) is 3.13. The van der Waals surface area contributed by atoms with Gasteiger partial charge in [0, 0.05) is 29.6 Å². The fourth-order valence-electron chi connectivity index (χ4n) is 3.95. The minimum atomic E-state index is -1.45. The van der Waals surface area contributed by atoms with Gasteiger partial charge in [-0.05, 0) is 67.8 Å². The maximum Gasteiger partial charge on any atom is 0.336 e. The van der Waals surface area contributed by atoms with E-state index in [-0.39, 0.29) is 12.2 Å². The SMILES string of the molecule is Cc1cc(O[C@@H](C)C(=O)N[C@H](Cc2c[nH]c3ccc(O)cc23)C(=O)[O-])c2c(C)cc(=O)oc2c1. The molecule has 34 heavy (non-hydrogen) atoms. The van der Waals surface area contributed by atoms with Gasteiger partial charge in [0.1, 0.15) is 17.1 Å². The van der Waals surface area contributed by atoms with Crippen LogP contribution in [0.1, 0.15) is 23.6 Å². The highest BCUT2D eigenvalue weighted by atomic mass is 16.5. The van der Waals surface area contributed by atoms with Crippen LogP contribution in [0.2, 0.25) is 0 Å². The van der Waals surface area contributed by atoms with E-state index >= 15 is 0 Å². The van der Waals surface area contributed by atoms with Gasteiger partial charge in [0.2, 0.25) is 0 Å². The van der Waals surface area contributed by atoms with Crippen LogP contribution >= 0.6 is 0 Å². The van der Waals surface area contributed by atoms with Gasteiger partial charge in [-0.25, -0.2) is 4.79 Å². The van der Waals surface area contributed by atoms with Crippen molar-refractivity contribution in [2.75, 3.05) is 0 Å². The zero-order chi connectivity index (χ0) is 24.6. The molecule has 0 aliphatic carbocycles. The van der Waals surface area contributed by atoms with E-state index in [4.69, 9.17) is 9.15 Å². The van der Waals surface area contributed by atoms with Crippen molar-refractivity contribution in [1.29, 1.82) is 0 Å². The van der Waals surface area contributed by atoms with Gasteiger partial charge < -0.3 is 34.5 Å². The summed E-state index contributed by atoms with van der Waals surface area (Å²) < 4.78 is 11.1. The van der Waals surface area contributed by atoms with Crippen molar-refractivity contribution in [2.45, 2.75) is 39.3 Å². The summed E-state index contributed by atoms with van der Waals surface area (Å²) in [6.07, 6.45) is 0.522. The highest BCUT2D eigenvalue weighted by Crippen LogP contribution is 2.30. The lowest BCUT2D eigenvalue weighted by Crippen LogP contribution is -2.52. The molecule has 9 nitrogen and oxygen atoms in total. The number of aromatic amines is 1. The van der Waals surface area contributed by atoms with Crippen LogP contribution in [0.25, 0.3) is 21.9 Å². The third-order valence-electron chi connectivity index (χ3n) is 5.60. The van der Waals surface area contributed by atoms with Crippen LogP contribution in [0.5, 0.6) is 11.5 Å². The smallest absolute Gasteiger partial charge is 0.336 e. The lowest BCUT2D eigenvalue weighted by molar-refractivity contribution is -0.308. The molecule has 3 N–H and O–H groups in total. The molecule has 0 aliphatic heterocycles. The molecule has 0 saturated heterocycles. The number of benzene rings is 2. The molecule has 0 spiro atoms. The van der Waals surface area contributed by atoms with Crippen molar-refractivity contribution in [2.24, 2.45) is 0 Å². The number of phenols is 1. The first-order valence-electron chi connectivity index (χ1n) is 10.6. The van der Waals surface area contributed by atoms with Gasteiger partial charge >= 0.3 is 5.63 Å². The molecule has 2 heterocycles. The van der Waals surface area contributed by atoms with Crippen molar-refractivity contribution < 1.29 is 29.0 Å². The molecule has 0 saturated carbocycles. The third kappa shape index (κ3) is 4.59. The summed E-state index contributed by atoms with van der Waals surface area (Å²) in [5.74, 6) is -1.72. The Balaban J connectivity index is 1.54. The molecule has 9 heteroatoms. The van der Waals surface area contributed by atoms with Crippen LogP contribution < -0.4 is 20.8 Å². The Hall–Kier alpha value is -4.27. The molecule has 4 rings (SSSR count). The molecular formula is C25H23N2O7-. The molecule has 0 fully saturated rings. The molecule has 2 aromatic carbocycles. The van der Waals surface area contributed by atoms with Gasteiger partial charge in [0.15, 0.2) is 6.10 Å². The Morgan fingerprint density at radius 2 is 1.97 bits per heavy atom. The number of phenolic OH excluding ortho intramolecular Hbond substituents is 1. The highest BCUT2D eigenvalue weighted by Gasteiger charge is 2.23. The Bertz CT molecular complexity index is 1470. The van der Waals surface area contributed by atoms with Crippen molar-refractivity contribution >= 4 is 33.7 Å². The summed E-state index contributed by atoms with van der Waals surface area (Å²) in [7, 11) is 0. The van der Waals surface area contributed by atoms with Crippen LogP contribution in [0.3, 0.4) is 0 Å². The quantitative estimate of drug-likeness (QED) is 0.355. The summed E-state index contributed by atoms with van der Waals surface area (Å²) in [6.45, 7) is 5.02.